The molecule has 1 saturated heterocycles. The van der Waals surface area contributed by atoms with Crippen LogP contribution in [-0.2, 0) is 4.79 Å². The van der Waals surface area contributed by atoms with Gasteiger partial charge in [0, 0.05) is 43.5 Å². The molecule has 0 aliphatic carbocycles. The lowest BCUT2D eigenvalue weighted by Crippen LogP contribution is -2.52. The molecule has 22 heavy (non-hydrogen) atoms. The molecule has 0 bridgehead atoms. The molecule has 1 fully saturated rings. The van der Waals surface area contributed by atoms with Crippen molar-refractivity contribution in [2.45, 2.75) is 52.6 Å². The highest BCUT2D eigenvalue weighted by atomic mass is 16.2. The summed E-state index contributed by atoms with van der Waals surface area (Å²) in [7, 11) is 0. The zero-order chi connectivity index (χ0) is 16.1. The van der Waals surface area contributed by atoms with Crippen molar-refractivity contribution >= 4 is 5.91 Å². The monoisotopic (exact) mass is 303 g/mol. The predicted octanol–water partition coefficient (Wildman–Crippen LogP) is 3.02. The van der Waals surface area contributed by atoms with E-state index in [4.69, 9.17) is 0 Å². The maximum atomic E-state index is 12.2. The summed E-state index contributed by atoms with van der Waals surface area (Å²) >= 11 is 0. The lowest BCUT2D eigenvalue weighted by atomic mass is 9.88. The van der Waals surface area contributed by atoms with Crippen molar-refractivity contribution in [1.29, 1.82) is 0 Å². The molecule has 0 spiro atoms. The summed E-state index contributed by atoms with van der Waals surface area (Å²) in [6.45, 7) is 10.1. The summed E-state index contributed by atoms with van der Waals surface area (Å²) in [5.74, 6) is 0.914. The quantitative estimate of drug-likeness (QED) is 0.909. The molecule has 4 nitrogen and oxygen atoms in total. The van der Waals surface area contributed by atoms with Gasteiger partial charge in [0.15, 0.2) is 0 Å². The summed E-state index contributed by atoms with van der Waals surface area (Å²) in [4.78, 5) is 18.3. The molecule has 3 unspecified atom stereocenters. The van der Waals surface area contributed by atoms with Crippen LogP contribution < -0.4 is 5.32 Å². The molecule has 1 aromatic heterocycles. The maximum absolute atomic E-state index is 12.2. The highest BCUT2D eigenvalue weighted by Crippen LogP contribution is 2.24. The van der Waals surface area contributed by atoms with Gasteiger partial charge >= 0.3 is 0 Å². The van der Waals surface area contributed by atoms with E-state index in [1.165, 1.54) is 5.56 Å². The van der Waals surface area contributed by atoms with Gasteiger partial charge in [-0.2, -0.15) is 0 Å². The third-order valence-electron chi connectivity index (χ3n) is 4.73. The molecule has 3 atom stereocenters. The van der Waals surface area contributed by atoms with E-state index in [0.29, 0.717) is 23.9 Å². The SMILES string of the molecule is CCC1CN(C(=O)C(C)C)CCC1NC(C)c1ccncc1. The molecule has 0 radical (unpaired) electrons. The normalized spacial score (nSPS) is 23.6. The van der Waals surface area contributed by atoms with Crippen LogP contribution in [0.2, 0.25) is 0 Å². The number of aromatic nitrogens is 1. The lowest BCUT2D eigenvalue weighted by Gasteiger charge is -2.40. The number of hydrogen-bond donors (Lipinski definition) is 1. The molecule has 0 aromatic carbocycles. The van der Waals surface area contributed by atoms with E-state index in [9.17, 15) is 4.79 Å². The molecule has 2 heterocycles. The fourth-order valence-corrected chi connectivity index (χ4v) is 3.30. The van der Waals surface area contributed by atoms with Crippen LogP contribution in [0.25, 0.3) is 0 Å². The van der Waals surface area contributed by atoms with Gasteiger partial charge in [-0.15, -0.1) is 0 Å². The number of pyridine rings is 1. The Kier molecular flexibility index (Phi) is 5.95. The van der Waals surface area contributed by atoms with Crippen molar-refractivity contribution in [2.24, 2.45) is 11.8 Å². The van der Waals surface area contributed by atoms with E-state index in [1.807, 2.05) is 31.1 Å². The van der Waals surface area contributed by atoms with Crippen LogP contribution in [0.3, 0.4) is 0 Å². The van der Waals surface area contributed by atoms with Crippen LogP contribution in [0.1, 0.15) is 52.1 Å². The van der Waals surface area contributed by atoms with Crippen molar-refractivity contribution in [3.63, 3.8) is 0 Å². The average molecular weight is 303 g/mol. The van der Waals surface area contributed by atoms with Crippen LogP contribution in [0.4, 0.5) is 0 Å². The number of nitrogens with zero attached hydrogens (tertiary/aromatic N) is 2. The zero-order valence-electron chi connectivity index (χ0n) is 14.2. The Hall–Kier alpha value is -1.42. The Bertz CT molecular complexity index is 474. The number of hydrogen-bond acceptors (Lipinski definition) is 3. The Morgan fingerprint density at radius 3 is 2.64 bits per heavy atom. The van der Waals surface area contributed by atoms with E-state index in [2.05, 4.69) is 36.3 Å². The first-order valence-corrected chi connectivity index (χ1v) is 8.47. The second-order valence-electron chi connectivity index (χ2n) is 6.67. The summed E-state index contributed by atoms with van der Waals surface area (Å²) < 4.78 is 0. The molecular weight excluding hydrogens is 274 g/mol. The third-order valence-corrected chi connectivity index (χ3v) is 4.73. The number of piperidine rings is 1. The van der Waals surface area contributed by atoms with Crippen molar-refractivity contribution in [3.05, 3.63) is 30.1 Å². The van der Waals surface area contributed by atoms with Crippen LogP contribution in [0.15, 0.2) is 24.5 Å². The lowest BCUT2D eigenvalue weighted by molar-refractivity contribution is -0.136. The number of carbonyl (C=O) groups is 1. The molecule has 1 amide bonds. The van der Waals surface area contributed by atoms with Gasteiger partial charge in [-0.25, -0.2) is 0 Å². The fourth-order valence-electron chi connectivity index (χ4n) is 3.30. The minimum absolute atomic E-state index is 0.0951. The molecule has 0 saturated carbocycles. The molecular formula is C18H29N3O. The summed E-state index contributed by atoms with van der Waals surface area (Å²) in [5, 5.41) is 3.76. The summed E-state index contributed by atoms with van der Waals surface area (Å²) in [5.41, 5.74) is 1.27. The topological polar surface area (TPSA) is 45.2 Å². The van der Waals surface area contributed by atoms with Gasteiger partial charge in [-0.05, 0) is 37.0 Å². The maximum Gasteiger partial charge on any atom is 0.225 e. The summed E-state index contributed by atoms with van der Waals surface area (Å²) in [6, 6.07) is 4.92. The Morgan fingerprint density at radius 1 is 1.36 bits per heavy atom. The van der Waals surface area contributed by atoms with Crippen LogP contribution in [0, 0.1) is 11.8 Å². The smallest absolute Gasteiger partial charge is 0.225 e. The van der Waals surface area contributed by atoms with Crippen LogP contribution in [-0.4, -0.2) is 34.9 Å². The third kappa shape index (κ3) is 4.07. The molecule has 1 aromatic rings. The molecule has 122 valence electrons. The average Bonchev–Trinajstić information content (AvgIpc) is 2.55. The summed E-state index contributed by atoms with van der Waals surface area (Å²) in [6.07, 6.45) is 5.82. The zero-order valence-corrected chi connectivity index (χ0v) is 14.2. The van der Waals surface area contributed by atoms with E-state index >= 15 is 0 Å². The van der Waals surface area contributed by atoms with Crippen molar-refractivity contribution < 1.29 is 4.79 Å². The number of rotatable bonds is 5. The Balaban J connectivity index is 1.96. The van der Waals surface area contributed by atoms with Crippen LogP contribution in [0.5, 0.6) is 0 Å². The Labute approximate surface area is 134 Å². The van der Waals surface area contributed by atoms with Gasteiger partial charge in [0.05, 0.1) is 0 Å². The first-order chi connectivity index (χ1) is 10.5. The molecule has 1 aliphatic heterocycles. The van der Waals surface area contributed by atoms with Crippen molar-refractivity contribution in [1.82, 2.24) is 15.2 Å². The first-order valence-electron chi connectivity index (χ1n) is 8.47. The van der Waals surface area contributed by atoms with Gasteiger partial charge in [0.25, 0.3) is 0 Å². The van der Waals surface area contributed by atoms with E-state index in [1.54, 1.807) is 0 Å². The van der Waals surface area contributed by atoms with Gasteiger partial charge in [0.2, 0.25) is 5.91 Å². The first kappa shape index (κ1) is 16.9. The highest BCUT2D eigenvalue weighted by Gasteiger charge is 2.31. The number of amides is 1. The number of nitrogens with one attached hydrogen (secondary N) is 1. The van der Waals surface area contributed by atoms with Crippen molar-refractivity contribution in [2.75, 3.05) is 13.1 Å². The minimum Gasteiger partial charge on any atom is -0.342 e. The highest BCUT2D eigenvalue weighted by molar-refractivity contribution is 5.78. The molecule has 4 heteroatoms. The van der Waals surface area contributed by atoms with Crippen LogP contribution >= 0.6 is 0 Å². The number of likely N-dealkylation sites (tertiary alicyclic amines) is 1. The Morgan fingerprint density at radius 2 is 2.05 bits per heavy atom. The van der Waals surface area contributed by atoms with Crippen molar-refractivity contribution in [3.8, 4) is 0 Å². The largest absolute Gasteiger partial charge is 0.342 e. The standard InChI is InChI=1S/C18H29N3O/c1-5-15-12-21(18(22)13(2)3)11-8-17(15)20-14(4)16-6-9-19-10-7-16/h6-7,9-10,13-15,17,20H,5,8,11-12H2,1-4H3. The molecule has 2 rings (SSSR count). The van der Waals surface area contributed by atoms with E-state index in [-0.39, 0.29) is 5.92 Å². The predicted molar refractivity (Wildman–Crippen MR) is 89.4 cm³/mol. The van der Waals surface area contributed by atoms with Gasteiger partial charge < -0.3 is 10.2 Å². The van der Waals surface area contributed by atoms with E-state index < -0.39 is 0 Å². The van der Waals surface area contributed by atoms with Gasteiger partial charge in [0.1, 0.15) is 0 Å². The minimum atomic E-state index is 0.0951. The van der Waals surface area contributed by atoms with Gasteiger partial charge in [-0.3, -0.25) is 9.78 Å². The fraction of sp³-hybridized carbons (Fsp3) is 0.667. The number of carbonyl (C=O) groups excluding carboxylic acids is 1. The van der Waals surface area contributed by atoms with E-state index in [0.717, 1.165) is 25.9 Å². The molecule has 1 N–H and O–H groups in total. The molecule has 1 aliphatic rings. The second-order valence-corrected chi connectivity index (χ2v) is 6.67. The second kappa shape index (κ2) is 7.73. The van der Waals surface area contributed by atoms with Gasteiger partial charge in [-0.1, -0.05) is 27.2 Å².